The predicted octanol–water partition coefficient (Wildman–Crippen LogP) is 0.279. The molecule has 0 unspecified atom stereocenters. The Morgan fingerprint density at radius 1 is 1.56 bits per heavy atom. The second-order valence-corrected chi connectivity index (χ2v) is 2.90. The number of nitrogens with two attached hydrogens (primary N) is 2. The van der Waals surface area contributed by atoms with Crippen LogP contribution in [0.1, 0.15) is 20.3 Å². The Balaban J connectivity index is 3.89. The number of hydrogen-bond acceptors (Lipinski definition) is 2. The highest BCUT2D eigenvalue weighted by Gasteiger charge is 2.21. The zero-order valence-corrected chi connectivity index (χ0v) is 6.02. The van der Waals surface area contributed by atoms with Crippen LogP contribution in [-0.2, 0) is 0 Å². The summed E-state index contributed by atoms with van der Waals surface area (Å²) >= 11 is 0. The Bertz CT molecular complexity index is 119. The quantitative estimate of drug-likeness (QED) is 0.412. The normalized spacial score (nSPS) is 11.6. The Morgan fingerprint density at radius 3 is 2.11 bits per heavy atom. The zero-order valence-electron chi connectivity index (χ0n) is 6.02. The first-order valence-corrected chi connectivity index (χ1v) is 2.95. The molecule has 2 nitrogen and oxygen atoms in total. The number of terminal acetylenes is 1. The molecule has 9 heavy (non-hydrogen) atoms. The monoisotopic (exact) mass is 126 g/mol. The van der Waals surface area contributed by atoms with Crippen molar-refractivity contribution in [2.45, 2.75) is 26.4 Å². The van der Waals surface area contributed by atoms with Crippen LogP contribution in [0, 0.1) is 17.8 Å². The molecule has 0 amide bonds. The van der Waals surface area contributed by atoms with Crippen molar-refractivity contribution in [3.05, 3.63) is 0 Å². The van der Waals surface area contributed by atoms with Crippen LogP contribution in [0.15, 0.2) is 0 Å². The van der Waals surface area contributed by atoms with Crippen molar-refractivity contribution < 1.29 is 0 Å². The van der Waals surface area contributed by atoms with E-state index in [1.54, 1.807) is 0 Å². The average molecular weight is 126 g/mol. The molecule has 0 rings (SSSR count). The minimum atomic E-state index is -0.325. The summed E-state index contributed by atoms with van der Waals surface area (Å²) in [6.07, 6.45) is 5.40. The molecule has 0 aliphatic rings. The third-order valence-electron chi connectivity index (χ3n) is 1.46. The van der Waals surface area contributed by atoms with Crippen LogP contribution < -0.4 is 11.5 Å². The SMILES string of the molecule is C#CCC(C)(C)C(N)N. The first-order valence-electron chi connectivity index (χ1n) is 2.95. The lowest BCUT2D eigenvalue weighted by molar-refractivity contribution is 0.299. The number of hydrogen-bond donors (Lipinski definition) is 2. The Kier molecular flexibility index (Phi) is 2.69. The summed E-state index contributed by atoms with van der Waals surface area (Å²) in [4.78, 5) is 0. The third kappa shape index (κ3) is 2.50. The topological polar surface area (TPSA) is 52.0 Å². The molecule has 0 bridgehead atoms. The van der Waals surface area contributed by atoms with Gasteiger partial charge in [0.2, 0.25) is 0 Å². The highest BCUT2D eigenvalue weighted by Crippen LogP contribution is 2.19. The maximum absolute atomic E-state index is 5.44. The molecule has 0 saturated heterocycles. The molecular formula is C7H14N2. The second-order valence-electron chi connectivity index (χ2n) is 2.90. The van der Waals surface area contributed by atoms with Crippen molar-refractivity contribution in [3.8, 4) is 12.3 Å². The standard InChI is InChI=1S/C7H14N2/c1-4-5-7(2,3)6(8)9/h1,6H,5,8-9H2,2-3H3. The predicted molar refractivity (Wildman–Crippen MR) is 39.4 cm³/mol. The fourth-order valence-electron chi connectivity index (χ4n) is 0.381. The van der Waals surface area contributed by atoms with E-state index in [2.05, 4.69) is 5.92 Å². The minimum absolute atomic E-state index is 0.130. The van der Waals surface area contributed by atoms with E-state index >= 15 is 0 Å². The molecular weight excluding hydrogens is 112 g/mol. The summed E-state index contributed by atoms with van der Waals surface area (Å²) < 4.78 is 0. The lowest BCUT2D eigenvalue weighted by Gasteiger charge is -2.25. The molecule has 0 aromatic rings. The van der Waals surface area contributed by atoms with Gasteiger partial charge < -0.3 is 11.5 Å². The molecule has 0 fully saturated rings. The van der Waals surface area contributed by atoms with Gasteiger partial charge in [-0.25, -0.2) is 0 Å². The van der Waals surface area contributed by atoms with Gasteiger partial charge in [-0.3, -0.25) is 0 Å². The molecule has 52 valence electrons. The van der Waals surface area contributed by atoms with E-state index in [1.807, 2.05) is 13.8 Å². The summed E-state index contributed by atoms with van der Waals surface area (Å²) in [5.74, 6) is 2.53. The molecule has 0 aromatic carbocycles. The van der Waals surface area contributed by atoms with Crippen molar-refractivity contribution in [1.82, 2.24) is 0 Å². The van der Waals surface area contributed by atoms with Gasteiger partial charge in [0, 0.05) is 11.8 Å². The first kappa shape index (κ1) is 8.48. The molecule has 0 radical (unpaired) electrons. The number of rotatable bonds is 2. The van der Waals surface area contributed by atoms with Crippen molar-refractivity contribution >= 4 is 0 Å². The smallest absolute Gasteiger partial charge is 0.0582 e. The van der Waals surface area contributed by atoms with E-state index in [4.69, 9.17) is 17.9 Å². The van der Waals surface area contributed by atoms with Crippen LogP contribution in [0.4, 0.5) is 0 Å². The lowest BCUT2D eigenvalue weighted by atomic mass is 9.87. The lowest BCUT2D eigenvalue weighted by Crippen LogP contribution is -2.44. The zero-order chi connectivity index (χ0) is 7.49. The third-order valence-corrected chi connectivity index (χ3v) is 1.46. The summed E-state index contributed by atoms with van der Waals surface area (Å²) in [5, 5.41) is 0. The van der Waals surface area contributed by atoms with Crippen molar-refractivity contribution in [3.63, 3.8) is 0 Å². The minimum Gasteiger partial charge on any atom is -0.316 e. The Labute approximate surface area is 56.6 Å². The molecule has 0 aliphatic carbocycles. The Hall–Kier alpha value is -0.520. The molecule has 0 aliphatic heterocycles. The van der Waals surface area contributed by atoms with E-state index in [0.717, 1.165) is 0 Å². The van der Waals surface area contributed by atoms with Crippen LogP contribution in [0.3, 0.4) is 0 Å². The van der Waals surface area contributed by atoms with E-state index in [-0.39, 0.29) is 11.6 Å². The van der Waals surface area contributed by atoms with Gasteiger partial charge in [0.25, 0.3) is 0 Å². The van der Waals surface area contributed by atoms with Crippen LogP contribution in [0.5, 0.6) is 0 Å². The molecule has 0 saturated carbocycles. The Morgan fingerprint density at radius 2 is 2.00 bits per heavy atom. The van der Waals surface area contributed by atoms with Crippen LogP contribution >= 0.6 is 0 Å². The van der Waals surface area contributed by atoms with Gasteiger partial charge in [0.1, 0.15) is 0 Å². The molecule has 4 N–H and O–H groups in total. The summed E-state index contributed by atoms with van der Waals surface area (Å²) in [6.45, 7) is 3.91. The van der Waals surface area contributed by atoms with Gasteiger partial charge in [0.15, 0.2) is 0 Å². The molecule has 0 spiro atoms. The van der Waals surface area contributed by atoms with E-state index < -0.39 is 0 Å². The van der Waals surface area contributed by atoms with Gasteiger partial charge in [-0.1, -0.05) is 13.8 Å². The molecule has 0 heterocycles. The van der Waals surface area contributed by atoms with Gasteiger partial charge in [0.05, 0.1) is 6.17 Å². The first-order chi connectivity index (χ1) is 4.00. The van der Waals surface area contributed by atoms with Crippen LogP contribution in [0.25, 0.3) is 0 Å². The summed E-state index contributed by atoms with van der Waals surface area (Å²) in [5.41, 5.74) is 10.7. The van der Waals surface area contributed by atoms with Crippen LogP contribution in [0.2, 0.25) is 0 Å². The maximum Gasteiger partial charge on any atom is 0.0582 e. The summed E-state index contributed by atoms with van der Waals surface area (Å²) in [7, 11) is 0. The molecule has 2 heteroatoms. The van der Waals surface area contributed by atoms with E-state index in [0.29, 0.717) is 6.42 Å². The van der Waals surface area contributed by atoms with E-state index in [9.17, 15) is 0 Å². The second kappa shape index (κ2) is 2.86. The van der Waals surface area contributed by atoms with Gasteiger partial charge >= 0.3 is 0 Å². The van der Waals surface area contributed by atoms with Gasteiger partial charge in [-0.2, -0.15) is 0 Å². The average Bonchev–Trinajstić information content (AvgIpc) is 1.65. The largest absolute Gasteiger partial charge is 0.316 e. The maximum atomic E-state index is 5.44. The van der Waals surface area contributed by atoms with E-state index in [1.165, 1.54) is 0 Å². The summed E-state index contributed by atoms with van der Waals surface area (Å²) in [6, 6.07) is 0. The highest BCUT2D eigenvalue weighted by molar-refractivity contribution is 4.93. The van der Waals surface area contributed by atoms with Crippen molar-refractivity contribution in [2.75, 3.05) is 0 Å². The van der Waals surface area contributed by atoms with Gasteiger partial charge in [-0.05, 0) is 0 Å². The van der Waals surface area contributed by atoms with Crippen molar-refractivity contribution in [2.24, 2.45) is 16.9 Å². The van der Waals surface area contributed by atoms with Crippen molar-refractivity contribution in [1.29, 1.82) is 0 Å². The fraction of sp³-hybridized carbons (Fsp3) is 0.714. The highest BCUT2D eigenvalue weighted by atomic mass is 14.9. The molecule has 0 atom stereocenters. The molecule has 0 aromatic heterocycles. The fourth-order valence-corrected chi connectivity index (χ4v) is 0.381. The van der Waals surface area contributed by atoms with Gasteiger partial charge in [-0.15, -0.1) is 12.3 Å². The van der Waals surface area contributed by atoms with Crippen LogP contribution in [-0.4, -0.2) is 6.17 Å².